The van der Waals surface area contributed by atoms with Crippen LogP contribution >= 0.6 is 0 Å². The van der Waals surface area contributed by atoms with E-state index in [-0.39, 0.29) is 9.79 Å². The predicted molar refractivity (Wildman–Crippen MR) is 114 cm³/mol. The summed E-state index contributed by atoms with van der Waals surface area (Å²) in [6, 6.07) is 9.45. The Morgan fingerprint density at radius 3 is 1.47 bits per heavy atom. The first-order valence-electron chi connectivity index (χ1n) is 9.44. The van der Waals surface area contributed by atoms with Crippen molar-refractivity contribution in [3.63, 3.8) is 0 Å². The molecular weight excluding hydrogens is 428 g/mol. The van der Waals surface area contributed by atoms with E-state index in [1.807, 2.05) is 20.8 Å². The van der Waals surface area contributed by atoms with Crippen LogP contribution in [0.5, 0.6) is 0 Å². The third-order valence-electron chi connectivity index (χ3n) is 5.33. The second kappa shape index (κ2) is 9.15. The molecule has 0 aromatic heterocycles. The number of methoxy groups -OCH3 is 1. The lowest BCUT2D eigenvalue weighted by atomic mass is 9.89. The first-order chi connectivity index (χ1) is 13.7. The van der Waals surface area contributed by atoms with Gasteiger partial charge >= 0.3 is 0 Å². The molecule has 2 aromatic rings. The van der Waals surface area contributed by atoms with E-state index in [1.54, 1.807) is 31.4 Å². The summed E-state index contributed by atoms with van der Waals surface area (Å²) in [6.07, 6.45) is 1.59. The largest absolute Gasteiger partial charge is 0.379 e. The third kappa shape index (κ3) is 6.36. The van der Waals surface area contributed by atoms with Crippen molar-refractivity contribution in [1.82, 2.24) is 0 Å². The SMILES string of the molecule is COC(C)(CCc1cc(C)ccc1S(=O)(=O)O)CCc1cc(C)ccc1S(=O)(=O)O. The molecule has 9 heteroatoms. The Balaban J connectivity index is 2.23. The maximum absolute atomic E-state index is 11.7. The van der Waals surface area contributed by atoms with Crippen molar-refractivity contribution in [2.24, 2.45) is 0 Å². The molecule has 0 aliphatic carbocycles. The van der Waals surface area contributed by atoms with Crippen molar-refractivity contribution < 1.29 is 30.7 Å². The lowest BCUT2D eigenvalue weighted by Crippen LogP contribution is -2.29. The fourth-order valence-corrected chi connectivity index (χ4v) is 4.90. The van der Waals surface area contributed by atoms with Crippen LogP contribution < -0.4 is 0 Å². The summed E-state index contributed by atoms with van der Waals surface area (Å²) in [7, 11) is -7.14. The van der Waals surface area contributed by atoms with Gasteiger partial charge in [-0.2, -0.15) is 16.8 Å². The third-order valence-corrected chi connectivity index (χ3v) is 7.24. The number of hydrogen-bond donors (Lipinski definition) is 2. The van der Waals surface area contributed by atoms with Crippen LogP contribution in [-0.4, -0.2) is 38.7 Å². The van der Waals surface area contributed by atoms with Crippen LogP contribution in [0.15, 0.2) is 46.2 Å². The summed E-state index contributed by atoms with van der Waals surface area (Å²) in [5.74, 6) is 0. The fraction of sp³-hybridized carbons (Fsp3) is 0.429. The van der Waals surface area contributed by atoms with E-state index >= 15 is 0 Å². The average molecular weight is 457 g/mol. The number of benzene rings is 2. The Morgan fingerprint density at radius 1 is 0.800 bits per heavy atom. The highest BCUT2D eigenvalue weighted by molar-refractivity contribution is 7.86. The maximum atomic E-state index is 11.7. The van der Waals surface area contributed by atoms with Crippen molar-refractivity contribution >= 4 is 20.2 Å². The maximum Gasteiger partial charge on any atom is 0.294 e. The van der Waals surface area contributed by atoms with Gasteiger partial charge in [-0.05, 0) is 69.7 Å². The molecule has 0 unspecified atom stereocenters. The van der Waals surface area contributed by atoms with Gasteiger partial charge in [-0.15, -0.1) is 0 Å². The van der Waals surface area contributed by atoms with E-state index in [2.05, 4.69) is 0 Å². The minimum absolute atomic E-state index is 0.126. The van der Waals surface area contributed by atoms with Crippen molar-refractivity contribution in [3.8, 4) is 0 Å². The predicted octanol–water partition coefficient (Wildman–Crippen LogP) is 3.77. The number of rotatable bonds is 9. The van der Waals surface area contributed by atoms with E-state index in [1.165, 1.54) is 12.1 Å². The molecule has 0 fully saturated rings. The Morgan fingerprint density at radius 2 is 1.17 bits per heavy atom. The minimum Gasteiger partial charge on any atom is -0.379 e. The Kier molecular flexibility index (Phi) is 7.47. The Hall–Kier alpha value is -1.78. The molecule has 0 saturated heterocycles. The van der Waals surface area contributed by atoms with Gasteiger partial charge in [-0.25, -0.2) is 0 Å². The minimum atomic E-state index is -4.34. The van der Waals surface area contributed by atoms with Crippen LogP contribution in [0.25, 0.3) is 0 Å². The van der Waals surface area contributed by atoms with E-state index in [0.29, 0.717) is 36.8 Å². The van der Waals surface area contributed by atoms with Gasteiger partial charge in [0.25, 0.3) is 20.2 Å². The fourth-order valence-electron chi connectivity index (χ4n) is 3.44. The lowest BCUT2D eigenvalue weighted by molar-refractivity contribution is -0.00789. The summed E-state index contributed by atoms with van der Waals surface area (Å²) in [5, 5.41) is 0. The van der Waals surface area contributed by atoms with Gasteiger partial charge in [0, 0.05) is 7.11 Å². The topological polar surface area (TPSA) is 118 Å². The van der Waals surface area contributed by atoms with Crippen LogP contribution in [0.4, 0.5) is 0 Å². The second-order valence-electron chi connectivity index (χ2n) is 7.83. The molecule has 2 N–H and O–H groups in total. The molecule has 0 atom stereocenters. The molecular formula is C21H28O7S2. The van der Waals surface area contributed by atoms with Gasteiger partial charge in [-0.1, -0.05) is 35.4 Å². The Labute approximate surface area is 178 Å². The zero-order valence-corrected chi connectivity index (χ0v) is 19.2. The van der Waals surface area contributed by atoms with Crippen LogP contribution in [0.2, 0.25) is 0 Å². The highest BCUT2D eigenvalue weighted by atomic mass is 32.2. The molecule has 0 saturated carbocycles. The second-order valence-corrected chi connectivity index (χ2v) is 10.6. The molecule has 2 rings (SSSR count). The molecule has 0 radical (unpaired) electrons. The van der Waals surface area contributed by atoms with Crippen LogP contribution in [-0.2, 0) is 37.8 Å². The summed E-state index contributed by atoms with van der Waals surface area (Å²) >= 11 is 0. The van der Waals surface area contributed by atoms with Crippen molar-refractivity contribution in [2.45, 2.75) is 61.8 Å². The smallest absolute Gasteiger partial charge is 0.294 e. The molecule has 30 heavy (non-hydrogen) atoms. The van der Waals surface area contributed by atoms with Crippen molar-refractivity contribution in [1.29, 1.82) is 0 Å². The molecule has 0 aliphatic heterocycles. The van der Waals surface area contributed by atoms with Crippen LogP contribution in [0.3, 0.4) is 0 Å². The molecule has 0 heterocycles. The Bertz CT molecular complexity index is 1030. The van der Waals surface area contributed by atoms with E-state index in [4.69, 9.17) is 4.74 Å². The number of ether oxygens (including phenoxy) is 1. The van der Waals surface area contributed by atoms with Crippen LogP contribution in [0, 0.1) is 13.8 Å². The van der Waals surface area contributed by atoms with Crippen molar-refractivity contribution in [3.05, 3.63) is 58.7 Å². The summed E-state index contributed by atoms with van der Waals surface area (Å²) in [6.45, 7) is 5.53. The standard InChI is InChI=1S/C21H28O7S2/c1-15-5-7-19(29(22,23)24)17(13-15)9-11-21(3,28-4)12-10-18-14-16(2)6-8-20(18)30(25,26)27/h5-8,13-14H,9-12H2,1-4H3,(H,22,23,24)(H,25,26,27). The summed E-state index contributed by atoms with van der Waals surface area (Å²) in [4.78, 5) is -0.252. The monoisotopic (exact) mass is 456 g/mol. The van der Waals surface area contributed by atoms with E-state index < -0.39 is 25.8 Å². The summed E-state index contributed by atoms with van der Waals surface area (Å²) < 4.78 is 71.4. The zero-order valence-electron chi connectivity index (χ0n) is 17.5. The van der Waals surface area contributed by atoms with E-state index in [0.717, 1.165) is 11.1 Å². The average Bonchev–Trinajstić information content (AvgIpc) is 2.63. The van der Waals surface area contributed by atoms with Gasteiger partial charge in [-0.3, -0.25) is 9.11 Å². The lowest BCUT2D eigenvalue weighted by Gasteiger charge is -2.29. The van der Waals surface area contributed by atoms with E-state index in [9.17, 15) is 25.9 Å². The van der Waals surface area contributed by atoms with Gasteiger partial charge in [0.05, 0.1) is 15.4 Å². The zero-order chi connectivity index (χ0) is 22.7. The van der Waals surface area contributed by atoms with Gasteiger partial charge < -0.3 is 4.74 Å². The van der Waals surface area contributed by atoms with Crippen molar-refractivity contribution in [2.75, 3.05) is 7.11 Å². The number of aryl methyl sites for hydroxylation is 4. The highest BCUT2D eigenvalue weighted by Gasteiger charge is 2.26. The van der Waals surface area contributed by atoms with Gasteiger partial charge in [0.1, 0.15) is 0 Å². The molecule has 2 aromatic carbocycles. The first kappa shape index (κ1) is 24.5. The quantitative estimate of drug-likeness (QED) is 0.552. The van der Waals surface area contributed by atoms with Crippen LogP contribution in [0.1, 0.15) is 42.0 Å². The molecule has 0 aliphatic rings. The summed E-state index contributed by atoms with van der Waals surface area (Å²) in [5.41, 5.74) is 2.05. The normalized spacial score (nSPS) is 12.9. The highest BCUT2D eigenvalue weighted by Crippen LogP contribution is 2.28. The van der Waals surface area contributed by atoms with Gasteiger partial charge in [0.15, 0.2) is 0 Å². The van der Waals surface area contributed by atoms with Gasteiger partial charge in [0.2, 0.25) is 0 Å². The molecule has 0 bridgehead atoms. The molecule has 0 amide bonds. The number of hydrogen-bond acceptors (Lipinski definition) is 5. The first-order valence-corrected chi connectivity index (χ1v) is 12.3. The molecule has 7 nitrogen and oxygen atoms in total. The molecule has 166 valence electrons. The molecule has 0 spiro atoms.